The molecule has 19 heavy (non-hydrogen) atoms. The maximum Gasteiger partial charge on any atom is 0.0700 e. The van der Waals surface area contributed by atoms with E-state index in [0.717, 1.165) is 32.7 Å². The lowest BCUT2D eigenvalue weighted by Gasteiger charge is -2.21. The minimum Gasteiger partial charge on any atom is -0.382 e. The number of hydrogen-bond acceptors (Lipinski definition) is 4. The normalized spacial score (nSPS) is 11.1. The molecule has 0 saturated carbocycles. The zero-order chi connectivity index (χ0) is 13.8. The smallest absolute Gasteiger partial charge is 0.0700 e. The maximum absolute atomic E-state index is 5.66. The SMILES string of the molecule is COCCOCCCN(CCN)Cc1ccccc1. The van der Waals surface area contributed by atoms with E-state index in [2.05, 4.69) is 29.2 Å². The fourth-order valence-electron chi connectivity index (χ4n) is 1.93. The Bertz CT molecular complexity index is 306. The van der Waals surface area contributed by atoms with Gasteiger partial charge in [-0.1, -0.05) is 30.3 Å². The molecule has 0 aliphatic carbocycles. The summed E-state index contributed by atoms with van der Waals surface area (Å²) in [4.78, 5) is 2.37. The highest BCUT2D eigenvalue weighted by atomic mass is 16.5. The summed E-state index contributed by atoms with van der Waals surface area (Å²) in [7, 11) is 1.69. The summed E-state index contributed by atoms with van der Waals surface area (Å²) in [5.41, 5.74) is 6.99. The molecule has 2 N–H and O–H groups in total. The van der Waals surface area contributed by atoms with Crippen LogP contribution in [0.4, 0.5) is 0 Å². The van der Waals surface area contributed by atoms with E-state index in [1.807, 2.05) is 6.07 Å². The van der Waals surface area contributed by atoms with E-state index in [9.17, 15) is 0 Å². The molecule has 1 aromatic carbocycles. The van der Waals surface area contributed by atoms with Crippen molar-refractivity contribution >= 4 is 0 Å². The highest BCUT2D eigenvalue weighted by Gasteiger charge is 2.04. The third-order valence-electron chi connectivity index (χ3n) is 2.89. The fraction of sp³-hybridized carbons (Fsp3) is 0.600. The van der Waals surface area contributed by atoms with Crippen molar-refractivity contribution in [1.29, 1.82) is 0 Å². The number of ether oxygens (including phenoxy) is 2. The number of nitrogens with zero attached hydrogens (tertiary/aromatic N) is 1. The van der Waals surface area contributed by atoms with Gasteiger partial charge in [-0.25, -0.2) is 0 Å². The van der Waals surface area contributed by atoms with Crippen molar-refractivity contribution in [3.05, 3.63) is 35.9 Å². The van der Waals surface area contributed by atoms with Crippen molar-refractivity contribution in [3.8, 4) is 0 Å². The number of hydrogen-bond donors (Lipinski definition) is 1. The van der Waals surface area contributed by atoms with Crippen LogP contribution in [0.15, 0.2) is 30.3 Å². The molecule has 4 heteroatoms. The topological polar surface area (TPSA) is 47.7 Å². The molecule has 0 aromatic heterocycles. The van der Waals surface area contributed by atoms with Crippen LogP contribution in [0.25, 0.3) is 0 Å². The van der Waals surface area contributed by atoms with Crippen molar-refractivity contribution < 1.29 is 9.47 Å². The van der Waals surface area contributed by atoms with Gasteiger partial charge in [-0.3, -0.25) is 4.90 Å². The molecule has 0 aliphatic rings. The van der Waals surface area contributed by atoms with Gasteiger partial charge in [0.1, 0.15) is 0 Å². The van der Waals surface area contributed by atoms with Gasteiger partial charge in [0.15, 0.2) is 0 Å². The zero-order valence-electron chi connectivity index (χ0n) is 11.9. The van der Waals surface area contributed by atoms with Crippen LogP contribution in [0.5, 0.6) is 0 Å². The molecular formula is C15H26N2O2. The van der Waals surface area contributed by atoms with Crippen molar-refractivity contribution in [1.82, 2.24) is 4.90 Å². The summed E-state index contributed by atoms with van der Waals surface area (Å²) in [5.74, 6) is 0. The van der Waals surface area contributed by atoms with Crippen LogP contribution in [-0.2, 0) is 16.0 Å². The second-order valence-electron chi connectivity index (χ2n) is 4.51. The molecule has 0 saturated heterocycles. The Hall–Kier alpha value is -0.940. The van der Waals surface area contributed by atoms with Crippen LogP contribution in [0.3, 0.4) is 0 Å². The summed E-state index contributed by atoms with van der Waals surface area (Å²) in [6.45, 7) is 5.70. The van der Waals surface area contributed by atoms with Crippen LogP contribution >= 0.6 is 0 Å². The second kappa shape index (κ2) is 10.9. The number of nitrogens with two attached hydrogens (primary N) is 1. The average molecular weight is 266 g/mol. The van der Waals surface area contributed by atoms with Gasteiger partial charge in [0.05, 0.1) is 13.2 Å². The highest BCUT2D eigenvalue weighted by Crippen LogP contribution is 2.04. The minimum atomic E-state index is 0.663. The van der Waals surface area contributed by atoms with E-state index >= 15 is 0 Å². The predicted molar refractivity (Wildman–Crippen MR) is 78.1 cm³/mol. The van der Waals surface area contributed by atoms with Crippen LogP contribution < -0.4 is 5.73 Å². The first-order chi connectivity index (χ1) is 9.36. The first kappa shape index (κ1) is 16.1. The van der Waals surface area contributed by atoms with E-state index in [-0.39, 0.29) is 0 Å². The molecule has 0 amide bonds. The number of benzene rings is 1. The summed E-state index contributed by atoms with van der Waals surface area (Å²) < 4.78 is 10.4. The van der Waals surface area contributed by atoms with Crippen LogP contribution in [0.2, 0.25) is 0 Å². The summed E-state index contributed by atoms with van der Waals surface area (Å²) >= 11 is 0. The summed E-state index contributed by atoms with van der Waals surface area (Å²) in [6, 6.07) is 10.5. The van der Waals surface area contributed by atoms with E-state index < -0.39 is 0 Å². The third kappa shape index (κ3) is 7.95. The number of rotatable bonds is 11. The largest absolute Gasteiger partial charge is 0.382 e. The molecule has 0 heterocycles. The van der Waals surface area contributed by atoms with Gasteiger partial charge in [-0.15, -0.1) is 0 Å². The standard InChI is InChI=1S/C15H26N2O2/c1-18-12-13-19-11-5-9-17(10-8-16)14-15-6-3-2-4-7-15/h2-4,6-7H,5,8-14,16H2,1H3. The van der Waals surface area contributed by atoms with E-state index in [1.54, 1.807) is 7.11 Å². The molecule has 0 fully saturated rings. The Balaban J connectivity index is 2.21. The fourth-order valence-corrected chi connectivity index (χ4v) is 1.93. The molecule has 0 radical (unpaired) electrons. The van der Waals surface area contributed by atoms with Gasteiger partial charge in [0, 0.05) is 39.9 Å². The van der Waals surface area contributed by atoms with Gasteiger partial charge in [0.2, 0.25) is 0 Å². The molecule has 0 aliphatic heterocycles. The first-order valence-corrected chi connectivity index (χ1v) is 6.90. The Morgan fingerprint density at radius 1 is 1.05 bits per heavy atom. The highest BCUT2D eigenvalue weighted by molar-refractivity contribution is 5.14. The monoisotopic (exact) mass is 266 g/mol. The predicted octanol–water partition coefficient (Wildman–Crippen LogP) is 1.50. The van der Waals surface area contributed by atoms with Gasteiger partial charge in [0.25, 0.3) is 0 Å². The minimum absolute atomic E-state index is 0.663. The molecule has 0 atom stereocenters. The van der Waals surface area contributed by atoms with Crippen LogP contribution in [-0.4, -0.2) is 51.5 Å². The lowest BCUT2D eigenvalue weighted by Crippen LogP contribution is -2.30. The number of methoxy groups -OCH3 is 1. The lowest BCUT2D eigenvalue weighted by atomic mass is 10.2. The average Bonchev–Trinajstić information content (AvgIpc) is 2.44. The Morgan fingerprint density at radius 3 is 2.53 bits per heavy atom. The molecule has 0 spiro atoms. The van der Waals surface area contributed by atoms with Crippen molar-refractivity contribution in [3.63, 3.8) is 0 Å². The second-order valence-corrected chi connectivity index (χ2v) is 4.51. The Kier molecular flexibility index (Phi) is 9.27. The zero-order valence-corrected chi connectivity index (χ0v) is 11.9. The molecular weight excluding hydrogens is 240 g/mol. The van der Waals surface area contributed by atoms with E-state index in [1.165, 1.54) is 5.56 Å². The first-order valence-electron chi connectivity index (χ1n) is 6.90. The van der Waals surface area contributed by atoms with Gasteiger partial charge >= 0.3 is 0 Å². The van der Waals surface area contributed by atoms with Crippen molar-refractivity contribution in [2.24, 2.45) is 5.73 Å². The molecule has 1 rings (SSSR count). The van der Waals surface area contributed by atoms with Crippen LogP contribution in [0.1, 0.15) is 12.0 Å². The van der Waals surface area contributed by atoms with Crippen molar-refractivity contribution in [2.45, 2.75) is 13.0 Å². The third-order valence-corrected chi connectivity index (χ3v) is 2.89. The quantitative estimate of drug-likeness (QED) is 0.617. The molecule has 0 unspecified atom stereocenters. The molecule has 1 aromatic rings. The molecule has 4 nitrogen and oxygen atoms in total. The van der Waals surface area contributed by atoms with E-state index in [0.29, 0.717) is 19.8 Å². The van der Waals surface area contributed by atoms with E-state index in [4.69, 9.17) is 15.2 Å². The summed E-state index contributed by atoms with van der Waals surface area (Å²) in [5, 5.41) is 0. The Labute approximate surface area is 116 Å². The molecule has 0 bridgehead atoms. The lowest BCUT2D eigenvalue weighted by molar-refractivity contribution is 0.0650. The van der Waals surface area contributed by atoms with Gasteiger partial charge in [-0.2, -0.15) is 0 Å². The molecule has 108 valence electrons. The van der Waals surface area contributed by atoms with Crippen LogP contribution in [0, 0.1) is 0 Å². The van der Waals surface area contributed by atoms with Gasteiger partial charge in [-0.05, 0) is 12.0 Å². The van der Waals surface area contributed by atoms with Gasteiger partial charge < -0.3 is 15.2 Å². The van der Waals surface area contributed by atoms with Crippen molar-refractivity contribution in [2.75, 3.05) is 46.6 Å². The summed E-state index contributed by atoms with van der Waals surface area (Å²) in [6.07, 6.45) is 1.02. The maximum atomic E-state index is 5.66. The Morgan fingerprint density at radius 2 is 1.84 bits per heavy atom.